The van der Waals surface area contributed by atoms with Crippen LogP contribution in [0, 0.1) is 23.0 Å². The molecule has 3 N–H and O–H groups in total. The summed E-state index contributed by atoms with van der Waals surface area (Å²) in [6.07, 6.45) is 0.719. The maximum atomic E-state index is 11.6. The van der Waals surface area contributed by atoms with E-state index in [0.29, 0.717) is 18.8 Å². The van der Waals surface area contributed by atoms with Crippen LogP contribution in [0.5, 0.6) is 0 Å². The molecule has 1 amide bonds. The number of halogens is 1. The van der Waals surface area contributed by atoms with E-state index >= 15 is 0 Å². The fourth-order valence-corrected chi connectivity index (χ4v) is 2.08. The highest BCUT2D eigenvalue weighted by Gasteiger charge is 2.24. The Hall–Kier alpha value is -1.86. The van der Waals surface area contributed by atoms with Gasteiger partial charge in [-0.3, -0.25) is 14.9 Å². The molecule has 1 heterocycles. The maximum absolute atomic E-state index is 11.6. The van der Waals surface area contributed by atoms with Crippen molar-refractivity contribution in [2.45, 2.75) is 13.3 Å². The zero-order chi connectivity index (χ0) is 15.2. The zero-order valence-electron chi connectivity index (χ0n) is 12.4. The van der Waals surface area contributed by atoms with E-state index in [-0.39, 0.29) is 34.8 Å². The number of nitro benzene ring substituents is 1. The van der Waals surface area contributed by atoms with Crippen LogP contribution in [0.15, 0.2) is 18.2 Å². The molecule has 1 aromatic carbocycles. The van der Waals surface area contributed by atoms with Crippen molar-refractivity contribution < 1.29 is 9.72 Å². The number of rotatable bonds is 7. The van der Waals surface area contributed by atoms with Gasteiger partial charge in [-0.25, -0.2) is 0 Å². The Bertz CT molecular complexity index is 535. The van der Waals surface area contributed by atoms with E-state index in [1.54, 1.807) is 12.1 Å². The molecule has 7 nitrogen and oxygen atoms in total. The van der Waals surface area contributed by atoms with Crippen LogP contribution in [0.4, 0.5) is 11.4 Å². The van der Waals surface area contributed by atoms with E-state index < -0.39 is 0 Å². The Labute approximate surface area is 135 Å². The van der Waals surface area contributed by atoms with Crippen molar-refractivity contribution in [2.24, 2.45) is 5.92 Å². The molecule has 0 radical (unpaired) electrons. The van der Waals surface area contributed by atoms with Crippen molar-refractivity contribution in [3.63, 3.8) is 0 Å². The summed E-state index contributed by atoms with van der Waals surface area (Å²) in [5.74, 6) is 0.172. The van der Waals surface area contributed by atoms with Gasteiger partial charge in [0.25, 0.3) is 5.69 Å². The molecule has 0 bridgehead atoms. The number of nitrogens with one attached hydrogen (secondary N) is 3. The van der Waals surface area contributed by atoms with Crippen LogP contribution in [0.25, 0.3) is 0 Å². The molecule has 1 saturated heterocycles. The maximum Gasteiger partial charge on any atom is 0.292 e. The van der Waals surface area contributed by atoms with Crippen LogP contribution < -0.4 is 16.0 Å². The summed E-state index contributed by atoms with van der Waals surface area (Å²) in [7, 11) is 0. The van der Waals surface area contributed by atoms with Crippen molar-refractivity contribution in [1.29, 1.82) is 0 Å². The average Bonchev–Trinajstić information content (AvgIpc) is 2.37. The van der Waals surface area contributed by atoms with Gasteiger partial charge < -0.3 is 16.0 Å². The fraction of sp³-hybridized carbons (Fsp3) is 0.500. The van der Waals surface area contributed by atoms with Crippen molar-refractivity contribution in [3.8, 4) is 0 Å². The molecule has 8 heteroatoms. The van der Waals surface area contributed by atoms with E-state index in [2.05, 4.69) is 16.0 Å². The third-order valence-corrected chi connectivity index (χ3v) is 3.47. The van der Waals surface area contributed by atoms with Crippen molar-refractivity contribution in [3.05, 3.63) is 33.9 Å². The van der Waals surface area contributed by atoms with Crippen LogP contribution in [0.2, 0.25) is 0 Å². The molecular formula is C14H21ClN4O3. The predicted molar refractivity (Wildman–Crippen MR) is 87.6 cm³/mol. The first kappa shape index (κ1) is 18.2. The number of amides is 1. The lowest BCUT2D eigenvalue weighted by Gasteiger charge is -2.25. The van der Waals surface area contributed by atoms with Crippen LogP contribution in [0.3, 0.4) is 0 Å². The smallest absolute Gasteiger partial charge is 0.292 e. The lowest BCUT2D eigenvalue weighted by Crippen LogP contribution is -2.50. The van der Waals surface area contributed by atoms with Crippen LogP contribution in [-0.4, -0.2) is 37.0 Å². The molecule has 1 fully saturated rings. The monoisotopic (exact) mass is 328 g/mol. The molecule has 1 aliphatic rings. The molecular weight excluding hydrogens is 308 g/mol. The number of carbonyl (C=O) groups excluding carboxylic acids is 1. The van der Waals surface area contributed by atoms with Crippen LogP contribution >= 0.6 is 12.4 Å². The molecule has 0 aromatic heterocycles. The normalized spacial score (nSPS) is 13.7. The zero-order valence-corrected chi connectivity index (χ0v) is 13.2. The second-order valence-corrected chi connectivity index (χ2v) is 5.20. The number of nitrogens with zero attached hydrogens (tertiary/aromatic N) is 1. The fourth-order valence-electron chi connectivity index (χ4n) is 2.08. The van der Waals surface area contributed by atoms with Gasteiger partial charge in [0.15, 0.2) is 0 Å². The number of hydrogen-bond acceptors (Lipinski definition) is 5. The third kappa shape index (κ3) is 4.85. The van der Waals surface area contributed by atoms with Gasteiger partial charge in [0.2, 0.25) is 5.91 Å². The molecule has 0 aliphatic carbocycles. The number of carbonyl (C=O) groups is 1. The van der Waals surface area contributed by atoms with E-state index in [1.165, 1.54) is 0 Å². The van der Waals surface area contributed by atoms with E-state index in [1.807, 2.05) is 13.0 Å². The van der Waals surface area contributed by atoms with Gasteiger partial charge in [-0.1, -0.05) is 6.07 Å². The SMILES string of the molecule is Cc1ccc(NCCCNC(=O)C2CNC2)c([N+](=O)[O-])c1.Cl. The summed E-state index contributed by atoms with van der Waals surface area (Å²) >= 11 is 0. The summed E-state index contributed by atoms with van der Waals surface area (Å²) in [4.78, 5) is 22.2. The minimum Gasteiger partial charge on any atom is -0.379 e. The second kappa shape index (κ2) is 8.55. The van der Waals surface area contributed by atoms with Gasteiger partial charge >= 0.3 is 0 Å². The Balaban J connectivity index is 0.00000242. The van der Waals surface area contributed by atoms with E-state index in [0.717, 1.165) is 25.1 Å². The highest BCUT2D eigenvalue weighted by Crippen LogP contribution is 2.25. The summed E-state index contributed by atoms with van der Waals surface area (Å²) in [6, 6.07) is 5.10. The van der Waals surface area contributed by atoms with Crippen LogP contribution in [0.1, 0.15) is 12.0 Å². The standard InChI is InChI=1S/C14H20N4O3.ClH/c1-10-3-4-12(13(7-10)18(20)21)16-5-2-6-17-14(19)11-8-15-9-11;/h3-4,7,11,15-16H,2,5-6,8-9H2,1H3,(H,17,19);1H. The average molecular weight is 329 g/mol. The molecule has 0 atom stereocenters. The summed E-state index contributed by atoms with van der Waals surface area (Å²) in [6.45, 7) is 4.47. The number of benzene rings is 1. The molecule has 22 heavy (non-hydrogen) atoms. The molecule has 1 aromatic rings. The van der Waals surface area contributed by atoms with Crippen molar-refractivity contribution >= 4 is 29.7 Å². The molecule has 0 spiro atoms. The van der Waals surface area contributed by atoms with Gasteiger partial charge in [-0.05, 0) is 25.0 Å². The highest BCUT2D eigenvalue weighted by molar-refractivity contribution is 5.85. The van der Waals surface area contributed by atoms with Gasteiger partial charge in [-0.2, -0.15) is 0 Å². The first-order chi connectivity index (χ1) is 10.1. The molecule has 2 rings (SSSR count). The lowest BCUT2D eigenvalue weighted by molar-refractivity contribution is -0.384. The minimum absolute atomic E-state index is 0. The van der Waals surface area contributed by atoms with Crippen molar-refractivity contribution in [1.82, 2.24) is 10.6 Å². The number of aryl methyl sites for hydroxylation is 1. The lowest BCUT2D eigenvalue weighted by atomic mass is 10.0. The third-order valence-electron chi connectivity index (χ3n) is 3.47. The summed E-state index contributed by atoms with van der Waals surface area (Å²) < 4.78 is 0. The summed E-state index contributed by atoms with van der Waals surface area (Å²) in [5.41, 5.74) is 1.45. The quantitative estimate of drug-likeness (QED) is 0.400. The van der Waals surface area contributed by atoms with Crippen molar-refractivity contribution in [2.75, 3.05) is 31.5 Å². The van der Waals surface area contributed by atoms with Gasteiger partial charge in [0.1, 0.15) is 5.69 Å². The Kier molecular flexibility index (Phi) is 7.07. The van der Waals surface area contributed by atoms with Gasteiger partial charge in [0, 0.05) is 32.2 Å². The first-order valence-electron chi connectivity index (χ1n) is 7.05. The Morgan fingerprint density at radius 2 is 2.14 bits per heavy atom. The molecule has 0 saturated carbocycles. The topological polar surface area (TPSA) is 96.3 Å². The molecule has 1 aliphatic heterocycles. The summed E-state index contributed by atoms with van der Waals surface area (Å²) in [5, 5.41) is 19.9. The molecule has 122 valence electrons. The Morgan fingerprint density at radius 1 is 1.41 bits per heavy atom. The number of hydrogen-bond donors (Lipinski definition) is 3. The highest BCUT2D eigenvalue weighted by atomic mass is 35.5. The minimum atomic E-state index is -0.388. The molecule has 0 unspecified atom stereocenters. The van der Waals surface area contributed by atoms with Gasteiger partial charge in [0.05, 0.1) is 10.8 Å². The second-order valence-electron chi connectivity index (χ2n) is 5.20. The van der Waals surface area contributed by atoms with Crippen LogP contribution in [-0.2, 0) is 4.79 Å². The number of anilines is 1. The van der Waals surface area contributed by atoms with Gasteiger partial charge in [-0.15, -0.1) is 12.4 Å². The predicted octanol–water partition coefficient (Wildman–Crippen LogP) is 1.46. The Morgan fingerprint density at radius 3 is 2.73 bits per heavy atom. The van der Waals surface area contributed by atoms with E-state index in [9.17, 15) is 14.9 Å². The largest absolute Gasteiger partial charge is 0.379 e. The number of nitro groups is 1. The van der Waals surface area contributed by atoms with E-state index in [4.69, 9.17) is 0 Å². The first-order valence-corrected chi connectivity index (χ1v) is 7.05.